The molecule has 1 aromatic carbocycles. The summed E-state index contributed by atoms with van der Waals surface area (Å²) in [5, 5.41) is 1.05. The second kappa shape index (κ2) is 8.65. The third-order valence-electron chi connectivity index (χ3n) is 4.67. The van der Waals surface area contributed by atoms with Crippen molar-refractivity contribution in [3.05, 3.63) is 57.1 Å². The molecule has 0 spiro atoms. The second-order valence-corrected chi connectivity index (χ2v) is 7.46. The zero-order chi connectivity index (χ0) is 21.1. The number of aromatic nitrogens is 3. The van der Waals surface area contributed by atoms with Crippen molar-refractivity contribution in [3.8, 4) is 0 Å². The van der Waals surface area contributed by atoms with E-state index in [2.05, 4.69) is 9.97 Å². The van der Waals surface area contributed by atoms with Crippen molar-refractivity contribution < 1.29 is 14.3 Å². The minimum absolute atomic E-state index is 0.0911. The van der Waals surface area contributed by atoms with Crippen molar-refractivity contribution in [2.75, 3.05) is 12.4 Å². The number of rotatable bonds is 7. The Bertz CT molecular complexity index is 1150. The monoisotopic (exact) mass is 413 g/mol. The van der Waals surface area contributed by atoms with Gasteiger partial charge in [0.25, 0.3) is 5.56 Å². The molecule has 2 heterocycles. The lowest BCUT2D eigenvalue weighted by molar-refractivity contribution is 0.0525. The Labute approximate surface area is 172 Å². The number of ketones is 1. The lowest BCUT2D eigenvalue weighted by atomic mass is 10.1. The predicted molar refractivity (Wildman–Crippen MR) is 113 cm³/mol. The van der Waals surface area contributed by atoms with Crippen molar-refractivity contribution in [3.63, 3.8) is 0 Å². The zero-order valence-corrected chi connectivity index (χ0v) is 17.7. The van der Waals surface area contributed by atoms with Gasteiger partial charge < -0.3 is 9.72 Å². The number of nitrogens with one attached hydrogen (secondary N) is 1. The molecule has 7 nitrogen and oxygen atoms in total. The summed E-state index contributed by atoms with van der Waals surface area (Å²) in [5.41, 5.74) is 2.44. The summed E-state index contributed by atoms with van der Waals surface area (Å²) in [6.07, 6.45) is 0. The van der Waals surface area contributed by atoms with Crippen LogP contribution in [0.3, 0.4) is 0 Å². The quantitative estimate of drug-likeness (QED) is 0.276. The van der Waals surface area contributed by atoms with Crippen molar-refractivity contribution >= 4 is 34.4 Å². The molecule has 3 aromatic rings. The van der Waals surface area contributed by atoms with E-state index in [1.54, 1.807) is 43.5 Å². The highest BCUT2D eigenvalue weighted by Crippen LogP contribution is 2.23. The summed E-state index contributed by atoms with van der Waals surface area (Å²) in [5.74, 6) is -0.522. The van der Waals surface area contributed by atoms with Crippen LogP contribution in [0.25, 0.3) is 10.9 Å². The number of esters is 1. The number of aryl methyl sites for hydroxylation is 1. The SMILES string of the molecule is CCOC(=O)c1c(C)[nH]c(C(=O)CSc2nc3ccccc3c(=O)n2CC)c1C. The third kappa shape index (κ3) is 3.98. The largest absolute Gasteiger partial charge is 0.462 e. The topological polar surface area (TPSA) is 94.1 Å². The van der Waals surface area contributed by atoms with Crippen LogP contribution >= 0.6 is 11.8 Å². The summed E-state index contributed by atoms with van der Waals surface area (Å²) < 4.78 is 6.64. The molecule has 0 aliphatic carbocycles. The van der Waals surface area contributed by atoms with Crippen molar-refractivity contribution in [2.45, 2.75) is 39.4 Å². The molecule has 0 aliphatic heterocycles. The Hall–Kier alpha value is -2.87. The molecule has 8 heteroatoms. The molecule has 3 rings (SSSR count). The van der Waals surface area contributed by atoms with Gasteiger partial charge in [-0.05, 0) is 45.4 Å². The molecule has 152 valence electrons. The van der Waals surface area contributed by atoms with E-state index in [-0.39, 0.29) is 23.7 Å². The summed E-state index contributed by atoms with van der Waals surface area (Å²) in [6.45, 7) is 7.80. The summed E-state index contributed by atoms with van der Waals surface area (Å²) >= 11 is 1.21. The molecule has 2 aromatic heterocycles. The highest BCUT2D eigenvalue weighted by molar-refractivity contribution is 7.99. The van der Waals surface area contributed by atoms with Crippen LogP contribution < -0.4 is 5.56 Å². The Morgan fingerprint density at radius 1 is 1.21 bits per heavy atom. The fourth-order valence-electron chi connectivity index (χ4n) is 3.28. The smallest absolute Gasteiger partial charge is 0.340 e. The fraction of sp³-hybridized carbons (Fsp3) is 0.333. The molecule has 0 bridgehead atoms. The first-order chi connectivity index (χ1) is 13.9. The molecule has 0 atom stereocenters. The van der Waals surface area contributed by atoms with Gasteiger partial charge in [-0.2, -0.15) is 0 Å². The first-order valence-electron chi connectivity index (χ1n) is 9.40. The predicted octanol–water partition coefficient (Wildman–Crippen LogP) is 3.51. The zero-order valence-electron chi connectivity index (χ0n) is 16.9. The van der Waals surface area contributed by atoms with Gasteiger partial charge in [-0.1, -0.05) is 23.9 Å². The van der Waals surface area contributed by atoms with Crippen LogP contribution in [0.1, 0.15) is 46.0 Å². The number of benzene rings is 1. The number of fused-ring (bicyclic) bond motifs is 1. The van der Waals surface area contributed by atoms with Gasteiger partial charge in [0, 0.05) is 12.2 Å². The molecule has 0 fully saturated rings. The molecule has 1 N–H and O–H groups in total. The van der Waals surface area contributed by atoms with Crippen LogP contribution in [0, 0.1) is 13.8 Å². The van der Waals surface area contributed by atoms with Gasteiger partial charge in [0.1, 0.15) is 0 Å². The summed E-state index contributed by atoms with van der Waals surface area (Å²) in [7, 11) is 0. The maximum Gasteiger partial charge on any atom is 0.340 e. The summed E-state index contributed by atoms with van der Waals surface area (Å²) in [6, 6.07) is 7.16. The van der Waals surface area contributed by atoms with Gasteiger partial charge in [0.2, 0.25) is 0 Å². The van der Waals surface area contributed by atoms with Crippen LogP contribution in [-0.4, -0.2) is 38.6 Å². The molecule has 29 heavy (non-hydrogen) atoms. The van der Waals surface area contributed by atoms with E-state index < -0.39 is 5.97 Å². The lowest BCUT2D eigenvalue weighted by Crippen LogP contribution is -2.23. The minimum Gasteiger partial charge on any atom is -0.462 e. The highest BCUT2D eigenvalue weighted by atomic mass is 32.2. The molecule has 0 saturated heterocycles. The Morgan fingerprint density at radius 3 is 2.62 bits per heavy atom. The number of hydrogen-bond donors (Lipinski definition) is 1. The number of carbonyl (C=O) groups is 2. The molecule has 0 aliphatic rings. The standard InChI is InChI=1S/C21H23N3O4S/c1-5-24-19(26)14-9-7-8-10-15(14)23-21(24)29-11-16(25)18-12(3)17(13(4)22-18)20(27)28-6-2/h7-10,22H,5-6,11H2,1-4H3. The van der Waals surface area contributed by atoms with E-state index in [9.17, 15) is 14.4 Å². The van der Waals surface area contributed by atoms with E-state index in [0.29, 0.717) is 45.1 Å². The molecule has 0 unspecified atom stereocenters. The second-order valence-electron chi connectivity index (χ2n) is 6.52. The Kier molecular flexibility index (Phi) is 6.22. The van der Waals surface area contributed by atoms with Gasteiger partial charge in [-0.3, -0.25) is 14.2 Å². The average molecular weight is 413 g/mol. The lowest BCUT2D eigenvalue weighted by Gasteiger charge is -2.10. The van der Waals surface area contributed by atoms with Gasteiger partial charge in [-0.15, -0.1) is 0 Å². The van der Waals surface area contributed by atoms with E-state index in [1.807, 2.05) is 13.0 Å². The number of para-hydroxylation sites is 1. The number of aromatic amines is 1. The number of Topliss-reactive ketones (excluding diaryl/α,β-unsaturated/α-hetero) is 1. The highest BCUT2D eigenvalue weighted by Gasteiger charge is 2.23. The number of H-pyrrole nitrogens is 1. The number of carbonyl (C=O) groups excluding carboxylic acids is 2. The van der Waals surface area contributed by atoms with E-state index in [4.69, 9.17) is 4.74 Å². The van der Waals surface area contributed by atoms with Crippen LogP contribution in [0.2, 0.25) is 0 Å². The van der Waals surface area contributed by atoms with Gasteiger partial charge in [0.15, 0.2) is 10.9 Å². The third-order valence-corrected chi connectivity index (χ3v) is 5.65. The first kappa shape index (κ1) is 20.9. The van der Waals surface area contributed by atoms with Crippen molar-refractivity contribution in [2.24, 2.45) is 0 Å². The fourth-order valence-corrected chi connectivity index (χ4v) is 4.21. The van der Waals surface area contributed by atoms with Gasteiger partial charge in [-0.25, -0.2) is 9.78 Å². The summed E-state index contributed by atoms with van der Waals surface area (Å²) in [4.78, 5) is 45.2. The van der Waals surface area contributed by atoms with E-state index in [1.165, 1.54) is 11.8 Å². The minimum atomic E-state index is -0.443. The molecule has 0 amide bonds. The Balaban J connectivity index is 1.88. The number of nitrogens with zero attached hydrogens (tertiary/aromatic N) is 2. The molecular formula is C21H23N3O4S. The van der Waals surface area contributed by atoms with Gasteiger partial charge >= 0.3 is 5.97 Å². The van der Waals surface area contributed by atoms with Crippen molar-refractivity contribution in [1.29, 1.82) is 0 Å². The maximum absolute atomic E-state index is 12.8. The van der Waals surface area contributed by atoms with E-state index in [0.717, 1.165) is 0 Å². The molecule has 0 radical (unpaired) electrons. The normalized spacial score (nSPS) is 11.0. The van der Waals surface area contributed by atoms with Crippen LogP contribution in [0.15, 0.2) is 34.2 Å². The average Bonchev–Trinajstić information content (AvgIpc) is 3.00. The molecule has 0 saturated carbocycles. The van der Waals surface area contributed by atoms with Crippen molar-refractivity contribution in [1.82, 2.24) is 14.5 Å². The van der Waals surface area contributed by atoms with E-state index >= 15 is 0 Å². The molecular weight excluding hydrogens is 390 g/mol. The van der Waals surface area contributed by atoms with Crippen LogP contribution in [0.4, 0.5) is 0 Å². The van der Waals surface area contributed by atoms with Gasteiger partial charge in [0.05, 0.1) is 34.5 Å². The van der Waals surface area contributed by atoms with Crippen LogP contribution in [-0.2, 0) is 11.3 Å². The van der Waals surface area contributed by atoms with Crippen LogP contribution in [0.5, 0.6) is 0 Å². The maximum atomic E-state index is 12.8. The Morgan fingerprint density at radius 2 is 1.93 bits per heavy atom. The number of hydrogen-bond acceptors (Lipinski definition) is 6. The first-order valence-corrected chi connectivity index (χ1v) is 10.4. The number of ether oxygens (including phenoxy) is 1. The number of thioether (sulfide) groups is 1.